The lowest BCUT2D eigenvalue weighted by atomic mass is 10.0. The Balaban J connectivity index is 1.38. The van der Waals surface area contributed by atoms with Crippen LogP contribution in [0.1, 0.15) is 30.9 Å². The standard InChI is InChI=1S/C16H23NO2S/c1-2-6-16-14(5-1)15(7-11-20-16)17-8-10-18-12-13-4-3-9-19-13/h1-2,5-6,13,15,17H,3-4,7-12H2/t13-,15-/m0/s1. The number of hydrogen-bond donors (Lipinski definition) is 1. The van der Waals surface area contributed by atoms with Crippen molar-refractivity contribution in [3.63, 3.8) is 0 Å². The predicted molar refractivity (Wildman–Crippen MR) is 82.3 cm³/mol. The molecule has 110 valence electrons. The van der Waals surface area contributed by atoms with E-state index in [-0.39, 0.29) is 0 Å². The highest BCUT2D eigenvalue weighted by Crippen LogP contribution is 2.35. The summed E-state index contributed by atoms with van der Waals surface area (Å²) in [5.41, 5.74) is 1.45. The molecule has 1 fully saturated rings. The van der Waals surface area contributed by atoms with E-state index >= 15 is 0 Å². The summed E-state index contributed by atoms with van der Waals surface area (Å²) >= 11 is 1.97. The van der Waals surface area contributed by atoms with Gasteiger partial charge in [0.25, 0.3) is 0 Å². The van der Waals surface area contributed by atoms with Crippen LogP contribution in [-0.4, -0.2) is 38.2 Å². The van der Waals surface area contributed by atoms with Gasteiger partial charge in [-0.1, -0.05) is 18.2 Å². The lowest BCUT2D eigenvalue weighted by molar-refractivity contribution is 0.0178. The third kappa shape index (κ3) is 3.76. The molecule has 0 unspecified atom stereocenters. The highest BCUT2D eigenvalue weighted by molar-refractivity contribution is 7.99. The molecule has 1 N–H and O–H groups in total. The lowest BCUT2D eigenvalue weighted by Gasteiger charge is -2.26. The van der Waals surface area contributed by atoms with Gasteiger partial charge in [0.1, 0.15) is 0 Å². The van der Waals surface area contributed by atoms with Crippen LogP contribution in [0.4, 0.5) is 0 Å². The smallest absolute Gasteiger partial charge is 0.0809 e. The maximum absolute atomic E-state index is 5.70. The van der Waals surface area contributed by atoms with Crippen molar-refractivity contribution < 1.29 is 9.47 Å². The zero-order valence-corrected chi connectivity index (χ0v) is 12.7. The molecule has 0 amide bonds. The van der Waals surface area contributed by atoms with Gasteiger partial charge in [-0.05, 0) is 36.6 Å². The molecule has 0 spiro atoms. The van der Waals surface area contributed by atoms with Crippen molar-refractivity contribution in [1.82, 2.24) is 5.32 Å². The highest BCUT2D eigenvalue weighted by atomic mass is 32.2. The Kier molecular flexibility index (Phi) is 5.36. The average molecular weight is 293 g/mol. The molecular weight excluding hydrogens is 270 g/mol. The summed E-state index contributed by atoms with van der Waals surface area (Å²) in [6.07, 6.45) is 3.87. The van der Waals surface area contributed by atoms with Gasteiger partial charge in [-0.2, -0.15) is 0 Å². The SMILES string of the molecule is c1ccc2c(c1)SCC[C@@H]2NCCOC[C@@H]1CCCO1. The average Bonchev–Trinajstić information content (AvgIpc) is 3.00. The van der Waals surface area contributed by atoms with Crippen molar-refractivity contribution >= 4 is 11.8 Å². The Morgan fingerprint density at radius 1 is 1.30 bits per heavy atom. The van der Waals surface area contributed by atoms with E-state index in [1.54, 1.807) is 0 Å². The monoisotopic (exact) mass is 293 g/mol. The highest BCUT2D eigenvalue weighted by Gasteiger charge is 2.19. The first-order valence-corrected chi connectivity index (χ1v) is 8.56. The minimum atomic E-state index is 0.335. The molecular formula is C16H23NO2S. The molecule has 2 heterocycles. The molecule has 2 atom stereocenters. The Labute approximate surface area is 125 Å². The lowest BCUT2D eigenvalue weighted by Crippen LogP contribution is -2.28. The van der Waals surface area contributed by atoms with Gasteiger partial charge in [-0.15, -0.1) is 11.8 Å². The van der Waals surface area contributed by atoms with Crippen LogP contribution in [0.5, 0.6) is 0 Å². The second kappa shape index (κ2) is 7.46. The van der Waals surface area contributed by atoms with Gasteiger partial charge in [0, 0.05) is 24.1 Å². The van der Waals surface area contributed by atoms with Crippen LogP contribution in [0.15, 0.2) is 29.2 Å². The number of thioether (sulfide) groups is 1. The zero-order chi connectivity index (χ0) is 13.6. The van der Waals surface area contributed by atoms with Crippen LogP contribution < -0.4 is 5.32 Å². The molecule has 0 radical (unpaired) electrons. The number of ether oxygens (including phenoxy) is 2. The van der Waals surface area contributed by atoms with E-state index < -0.39 is 0 Å². The molecule has 0 bridgehead atoms. The van der Waals surface area contributed by atoms with E-state index in [1.165, 1.54) is 29.1 Å². The summed E-state index contributed by atoms with van der Waals surface area (Å²) in [5.74, 6) is 1.20. The normalized spacial score (nSPS) is 25.6. The first-order valence-electron chi connectivity index (χ1n) is 7.58. The summed E-state index contributed by atoms with van der Waals surface area (Å²) in [7, 11) is 0. The van der Waals surface area contributed by atoms with Gasteiger partial charge in [-0.25, -0.2) is 0 Å². The number of benzene rings is 1. The van der Waals surface area contributed by atoms with Crippen LogP contribution in [0.3, 0.4) is 0 Å². The molecule has 1 aromatic rings. The van der Waals surface area contributed by atoms with Gasteiger partial charge in [0.2, 0.25) is 0 Å². The number of rotatable bonds is 6. The number of fused-ring (bicyclic) bond motifs is 1. The maximum Gasteiger partial charge on any atom is 0.0809 e. The van der Waals surface area contributed by atoms with Crippen molar-refractivity contribution in [2.24, 2.45) is 0 Å². The first kappa shape index (κ1) is 14.4. The Morgan fingerprint density at radius 2 is 2.25 bits per heavy atom. The molecule has 2 aliphatic heterocycles. The van der Waals surface area contributed by atoms with E-state index in [4.69, 9.17) is 9.47 Å². The van der Waals surface area contributed by atoms with Gasteiger partial charge >= 0.3 is 0 Å². The van der Waals surface area contributed by atoms with Gasteiger partial charge < -0.3 is 14.8 Å². The Morgan fingerprint density at radius 3 is 3.15 bits per heavy atom. The van der Waals surface area contributed by atoms with Crippen LogP contribution in [0.25, 0.3) is 0 Å². The third-order valence-corrected chi connectivity index (χ3v) is 5.05. The zero-order valence-electron chi connectivity index (χ0n) is 11.8. The van der Waals surface area contributed by atoms with E-state index in [0.717, 1.165) is 32.8 Å². The quantitative estimate of drug-likeness (QED) is 0.817. The fraction of sp³-hybridized carbons (Fsp3) is 0.625. The van der Waals surface area contributed by atoms with Gasteiger partial charge in [-0.3, -0.25) is 0 Å². The van der Waals surface area contributed by atoms with E-state index in [0.29, 0.717) is 12.1 Å². The number of hydrogen-bond acceptors (Lipinski definition) is 4. The first-order chi connectivity index (χ1) is 9.93. The topological polar surface area (TPSA) is 30.5 Å². The van der Waals surface area contributed by atoms with Crippen molar-refractivity contribution in [3.05, 3.63) is 29.8 Å². The molecule has 1 aromatic carbocycles. The van der Waals surface area contributed by atoms with Crippen molar-refractivity contribution in [2.45, 2.75) is 36.3 Å². The van der Waals surface area contributed by atoms with E-state index in [9.17, 15) is 0 Å². The molecule has 1 saturated heterocycles. The summed E-state index contributed by atoms with van der Waals surface area (Å²) in [4.78, 5) is 1.43. The molecule has 20 heavy (non-hydrogen) atoms. The molecule has 0 aromatic heterocycles. The van der Waals surface area contributed by atoms with Crippen molar-refractivity contribution in [3.8, 4) is 0 Å². The molecule has 3 rings (SSSR count). The molecule has 2 aliphatic rings. The van der Waals surface area contributed by atoms with Crippen LogP contribution in [0.2, 0.25) is 0 Å². The van der Waals surface area contributed by atoms with Gasteiger partial charge in [0.05, 0.1) is 19.3 Å². The van der Waals surface area contributed by atoms with Crippen LogP contribution in [0, 0.1) is 0 Å². The minimum absolute atomic E-state index is 0.335. The molecule has 0 saturated carbocycles. The largest absolute Gasteiger partial charge is 0.377 e. The fourth-order valence-corrected chi connectivity index (χ4v) is 3.98. The summed E-state index contributed by atoms with van der Waals surface area (Å²) in [6, 6.07) is 9.21. The van der Waals surface area contributed by atoms with Crippen LogP contribution >= 0.6 is 11.8 Å². The predicted octanol–water partition coefficient (Wildman–Crippen LogP) is 3.01. The second-order valence-electron chi connectivity index (χ2n) is 5.39. The van der Waals surface area contributed by atoms with Gasteiger partial charge in [0.15, 0.2) is 0 Å². The van der Waals surface area contributed by atoms with Crippen molar-refractivity contribution in [2.75, 3.05) is 32.1 Å². The second-order valence-corrected chi connectivity index (χ2v) is 6.53. The molecule has 3 nitrogen and oxygen atoms in total. The molecule has 0 aliphatic carbocycles. The summed E-state index contributed by atoms with van der Waals surface area (Å²) < 4.78 is 11.3. The molecule has 4 heteroatoms. The van der Waals surface area contributed by atoms with E-state index in [1.807, 2.05) is 11.8 Å². The maximum atomic E-state index is 5.70. The Bertz CT molecular complexity index is 421. The van der Waals surface area contributed by atoms with E-state index in [2.05, 4.69) is 29.6 Å². The third-order valence-electron chi connectivity index (χ3n) is 3.92. The van der Waals surface area contributed by atoms with Crippen LogP contribution in [-0.2, 0) is 9.47 Å². The summed E-state index contributed by atoms with van der Waals surface area (Å²) in [5, 5.41) is 3.62. The summed E-state index contributed by atoms with van der Waals surface area (Å²) in [6.45, 7) is 3.34. The Hall–Kier alpha value is -0.550. The fourth-order valence-electron chi connectivity index (χ4n) is 2.85. The van der Waals surface area contributed by atoms with Crippen molar-refractivity contribution in [1.29, 1.82) is 0 Å². The number of nitrogens with one attached hydrogen (secondary N) is 1. The minimum Gasteiger partial charge on any atom is -0.377 e.